The molecule has 2 aliphatic carbocycles. The SMILES string of the molecule is O=C(C[S@](=O)CC(=O)N(CC(=O)NC1CCCC1)c1cccc2c1CCCC2)Nc1ccc(F)cc1. The average Bonchev–Trinajstić information content (AvgIpc) is 3.36. The molecule has 7 nitrogen and oxygen atoms in total. The van der Waals surface area contributed by atoms with Crippen molar-refractivity contribution < 1.29 is 23.0 Å². The Bertz CT molecular complexity index is 1130. The standard InChI is InChI=1S/C27H32FN3O4S/c28-20-12-14-22(15-13-20)30-26(33)17-36(35)18-27(34)31(16-25(32)29-21-8-2-3-9-21)24-11-5-7-19-6-1-4-10-23(19)24/h5,7,11-15,21H,1-4,6,8-10,16-18H2,(H,29,32)(H,30,33)/t36-/m0/s1. The van der Waals surface area contributed by atoms with Gasteiger partial charge in [-0.3, -0.25) is 18.6 Å². The lowest BCUT2D eigenvalue weighted by Gasteiger charge is -2.28. The van der Waals surface area contributed by atoms with E-state index in [1.54, 1.807) is 0 Å². The van der Waals surface area contributed by atoms with Gasteiger partial charge in [0.2, 0.25) is 17.7 Å². The maximum atomic E-state index is 13.4. The van der Waals surface area contributed by atoms with Crippen molar-refractivity contribution in [2.45, 2.75) is 57.4 Å². The molecule has 1 saturated carbocycles. The van der Waals surface area contributed by atoms with Crippen LogP contribution in [0.1, 0.15) is 49.7 Å². The molecule has 1 fully saturated rings. The predicted molar refractivity (Wildman–Crippen MR) is 139 cm³/mol. The maximum absolute atomic E-state index is 13.4. The molecule has 3 amide bonds. The first-order chi connectivity index (χ1) is 17.4. The molecule has 2 aromatic carbocycles. The Kier molecular flexibility index (Phi) is 8.85. The Morgan fingerprint density at radius 2 is 1.64 bits per heavy atom. The number of nitrogens with zero attached hydrogens (tertiary/aromatic N) is 1. The van der Waals surface area contributed by atoms with Gasteiger partial charge in [0, 0.05) is 28.2 Å². The Balaban J connectivity index is 1.45. The van der Waals surface area contributed by atoms with Crippen molar-refractivity contribution in [2.75, 3.05) is 28.3 Å². The van der Waals surface area contributed by atoms with Crippen LogP contribution in [0.5, 0.6) is 0 Å². The molecule has 36 heavy (non-hydrogen) atoms. The number of anilines is 2. The minimum atomic E-state index is -1.78. The molecule has 0 radical (unpaired) electrons. The Hall–Kier alpha value is -3.07. The van der Waals surface area contributed by atoms with Crippen LogP contribution < -0.4 is 15.5 Å². The van der Waals surface area contributed by atoms with Crippen LogP contribution in [0, 0.1) is 5.82 Å². The number of aryl methyl sites for hydroxylation is 1. The minimum Gasteiger partial charge on any atom is -0.352 e. The zero-order valence-corrected chi connectivity index (χ0v) is 21.1. The summed E-state index contributed by atoms with van der Waals surface area (Å²) in [4.78, 5) is 40.0. The third-order valence-corrected chi connectivity index (χ3v) is 7.84. The number of fused-ring (bicyclic) bond motifs is 1. The van der Waals surface area contributed by atoms with Gasteiger partial charge in [-0.25, -0.2) is 4.39 Å². The second kappa shape index (κ2) is 12.3. The van der Waals surface area contributed by atoms with Crippen molar-refractivity contribution in [1.29, 1.82) is 0 Å². The molecular formula is C27H32FN3O4S. The van der Waals surface area contributed by atoms with Gasteiger partial charge < -0.3 is 15.5 Å². The summed E-state index contributed by atoms with van der Waals surface area (Å²) in [5.74, 6) is -2.40. The van der Waals surface area contributed by atoms with Gasteiger partial charge in [0.05, 0.1) is 0 Å². The maximum Gasteiger partial charge on any atom is 0.240 e. The molecule has 1 atom stereocenters. The molecule has 0 spiro atoms. The second-order valence-electron chi connectivity index (χ2n) is 9.43. The van der Waals surface area contributed by atoms with Crippen LogP contribution in [0.25, 0.3) is 0 Å². The summed E-state index contributed by atoms with van der Waals surface area (Å²) in [5, 5.41) is 5.59. The van der Waals surface area contributed by atoms with Crippen LogP contribution in [0.2, 0.25) is 0 Å². The van der Waals surface area contributed by atoms with Gasteiger partial charge in [-0.2, -0.15) is 0 Å². The quantitative estimate of drug-likeness (QED) is 0.537. The van der Waals surface area contributed by atoms with Gasteiger partial charge in [0.15, 0.2) is 0 Å². The lowest BCUT2D eigenvalue weighted by molar-refractivity contribution is -0.123. The predicted octanol–water partition coefficient (Wildman–Crippen LogP) is 3.48. The van der Waals surface area contributed by atoms with Gasteiger partial charge in [0.25, 0.3) is 0 Å². The Morgan fingerprint density at radius 1 is 0.917 bits per heavy atom. The van der Waals surface area contributed by atoms with Crippen molar-refractivity contribution in [3.05, 3.63) is 59.4 Å². The fourth-order valence-corrected chi connectivity index (χ4v) is 5.85. The van der Waals surface area contributed by atoms with E-state index in [1.165, 1.54) is 34.7 Å². The van der Waals surface area contributed by atoms with E-state index >= 15 is 0 Å². The molecule has 0 heterocycles. The lowest BCUT2D eigenvalue weighted by atomic mass is 9.90. The van der Waals surface area contributed by atoms with Crippen LogP contribution >= 0.6 is 0 Å². The van der Waals surface area contributed by atoms with Crippen LogP contribution in [-0.4, -0.2) is 46.0 Å². The highest BCUT2D eigenvalue weighted by molar-refractivity contribution is 7.86. The second-order valence-corrected chi connectivity index (χ2v) is 10.9. The average molecular weight is 514 g/mol. The van der Waals surface area contributed by atoms with Gasteiger partial charge in [-0.1, -0.05) is 25.0 Å². The molecular weight excluding hydrogens is 481 g/mol. The van der Waals surface area contributed by atoms with Gasteiger partial charge in [-0.05, 0) is 80.0 Å². The molecule has 0 bridgehead atoms. The summed E-state index contributed by atoms with van der Waals surface area (Å²) in [7, 11) is -1.78. The number of hydrogen-bond acceptors (Lipinski definition) is 4. The van der Waals surface area contributed by atoms with Gasteiger partial charge in [-0.15, -0.1) is 0 Å². The molecule has 4 rings (SSSR count). The van der Waals surface area contributed by atoms with E-state index in [0.717, 1.165) is 56.9 Å². The Labute approximate surface area is 213 Å². The van der Waals surface area contributed by atoms with E-state index in [-0.39, 0.29) is 30.0 Å². The third kappa shape index (κ3) is 7.00. The monoisotopic (exact) mass is 513 g/mol. The normalized spacial score (nSPS) is 16.1. The smallest absolute Gasteiger partial charge is 0.240 e. The molecule has 2 aliphatic rings. The lowest BCUT2D eigenvalue weighted by Crippen LogP contribution is -2.45. The Morgan fingerprint density at radius 3 is 2.39 bits per heavy atom. The summed E-state index contributed by atoms with van der Waals surface area (Å²) in [6.07, 6.45) is 7.88. The first kappa shape index (κ1) is 26.0. The number of rotatable bonds is 9. The van der Waals surface area contributed by atoms with E-state index in [4.69, 9.17) is 0 Å². The zero-order chi connectivity index (χ0) is 25.5. The van der Waals surface area contributed by atoms with Gasteiger partial charge >= 0.3 is 0 Å². The molecule has 192 valence electrons. The van der Waals surface area contributed by atoms with Crippen LogP contribution in [-0.2, 0) is 38.0 Å². The minimum absolute atomic E-state index is 0.128. The van der Waals surface area contributed by atoms with Crippen molar-refractivity contribution >= 4 is 39.9 Å². The van der Waals surface area contributed by atoms with Crippen LogP contribution in [0.3, 0.4) is 0 Å². The number of carbonyl (C=O) groups is 3. The molecule has 0 saturated heterocycles. The van der Waals surface area contributed by atoms with Gasteiger partial charge in [0.1, 0.15) is 23.9 Å². The number of nitrogens with one attached hydrogen (secondary N) is 2. The molecule has 0 aliphatic heterocycles. The fourth-order valence-electron chi connectivity index (χ4n) is 4.95. The molecule has 2 aromatic rings. The molecule has 0 unspecified atom stereocenters. The van der Waals surface area contributed by atoms with Crippen LogP contribution in [0.4, 0.5) is 15.8 Å². The topological polar surface area (TPSA) is 95.6 Å². The third-order valence-electron chi connectivity index (χ3n) is 6.69. The van der Waals surface area contributed by atoms with E-state index < -0.39 is 28.4 Å². The van der Waals surface area contributed by atoms with E-state index in [0.29, 0.717) is 11.4 Å². The number of halogens is 1. The summed E-state index contributed by atoms with van der Waals surface area (Å²) in [6.45, 7) is -0.148. The number of benzene rings is 2. The molecule has 0 aromatic heterocycles. The van der Waals surface area contributed by atoms with E-state index in [9.17, 15) is 23.0 Å². The first-order valence-corrected chi connectivity index (χ1v) is 14.0. The van der Waals surface area contributed by atoms with Crippen molar-refractivity contribution in [3.8, 4) is 0 Å². The van der Waals surface area contributed by atoms with E-state index in [1.807, 2.05) is 12.1 Å². The molecule has 9 heteroatoms. The highest BCUT2D eigenvalue weighted by Gasteiger charge is 2.27. The van der Waals surface area contributed by atoms with Crippen molar-refractivity contribution in [3.63, 3.8) is 0 Å². The van der Waals surface area contributed by atoms with Crippen molar-refractivity contribution in [1.82, 2.24) is 5.32 Å². The number of carbonyl (C=O) groups excluding carboxylic acids is 3. The number of amides is 3. The zero-order valence-electron chi connectivity index (χ0n) is 20.3. The molecule has 2 N–H and O–H groups in total. The highest BCUT2D eigenvalue weighted by Crippen LogP contribution is 2.31. The first-order valence-electron chi connectivity index (χ1n) is 12.5. The van der Waals surface area contributed by atoms with E-state index in [2.05, 4.69) is 16.7 Å². The summed E-state index contributed by atoms with van der Waals surface area (Å²) >= 11 is 0. The highest BCUT2D eigenvalue weighted by atomic mass is 32.2. The summed E-state index contributed by atoms with van der Waals surface area (Å²) in [6, 6.07) is 11.2. The summed E-state index contributed by atoms with van der Waals surface area (Å²) < 4.78 is 25.8. The van der Waals surface area contributed by atoms with Crippen molar-refractivity contribution in [2.24, 2.45) is 0 Å². The largest absolute Gasteiger partial charge is 0.352 e. The van der Waals surface area contributed by atoms with Crippen LogP contribution in [0.15, 0.2) is 42.5 Å². The fraction of sp³-hybridized carbons (Fsp3) is 0.444. The number of hydrogen-bond donors (Lipinski definition) is 2. The summed E-state index contributed by atoms with van der Waals surface area (Å²) in [5.41, 5.74) is 3.30.